The zero-order chi connectivity index (χ0) is 21.3. The van der Waals surface area contributed by atoms with Crippen molar-refractivity contribution in [3.05, 3.63) is 58.1 Å². The molecule has 0 radical (unpaired) electrons. The van der Waals surface area contributed by atoms with Crippen LogP contribution in [0.3, 0.4) is 0 Å². The molecule has 2 aromatic heterocycles. The first-order valence-electron chi connectivity index (χ1n) is 9.45. The van der Waals surface area contributed by atoms with Gasteiger partial charge in [-0.1, -0.05) is 11.8 Å². The summed E-state index contributed by atoms with van der Waals surface area (Å²) in [5.41, 5.74) is 0.743. The summed E-state index contributed by atoms with van der Waals surface area (Å²) in [5, 5.41) is 6.77. The third kappa shape index (κ3) is 3.99. The minimum atomic E-state index is -1.06. The molecule has 1 aromatic carbocycles. The molecule has 3 aromatic rings. The van der Waals surface area contributed by atoms with E-state index in [1.807, 2.05) is 26.0 Å². The van der Waals surface area contributed by atoms with E-state index in [-0.39, 0.29) is 29.0 Å². The first-order chi connectivity index (χ1) is 14.5. The molecular formula is C22H19F2N3O2S. The molecule has 1 saturated heterocycles. The number of carbonyl (C=O) groups excluding carboxylic acids is 1. The number of H-pyrrole nitrogens is 1. The summed E-state index contributed by atoms with van der Waals surface area (Å²) in [6, 6.07) is 6.82. The summed E-state index contributed by atoms with van der Waals surface area (Å²) in [6.45, 7) is 4.46. The van der Waals surface area contributed by atoms with Crippen LogP contribution >= 0.6 is 11.3 Å². The monoisotopic (exact) mass is 427 g/mol. The van der Waals surface area contributed by atoms with Crippen molar-refractivity contribution in [2.45, 2.75) is 26.1 Å². The molecule has 0 saturated carbocycles. The van der Waals surface area contributed by atoms with E-state index in [1.54, 1.807) is 17.2 Å². The fourth-order valence-corrected chi connectivity index (χ4v) is 4.41. The maximum atomic E-state index is 15.0. The minimum absolute atomic E-state index is 0.0345. The Hall–Kier alpha value is -3.02. The summed E-state index contributed by atoms with van der Waals surface area (Å²) < 4.78 is 35.4. The summed E-state index contributed by atoms with van der Waals surface area (Å²) in [6.07, 6.45) is 1.88. The molecule has 0 aliphatic carbocycles. The fraction of sp³-hybridized carbons (Fsp3) is 0.273. The molecular weight excluding hydrogens is 408 g/mol. The standard InChI is InChI=1S/C22H19F2N3O2S/c1-13-10-27(11-14(2)29-13)22-16(12-28)9-15(20(23)21(22)24)3-4-17-5-6-19(30-17)18-7-8-25-26-18/h5-9,12-14H,10-11H2,1-2H3,(H,25,26)/t13-,14+. The predicted octanol–water partition coefficient (Wildman–Crippen LogP) is 4.24. The number of rotatable bonds is 3. The second-order valence-corrected chi connectivity index (χ2v) is 8.24. The van der Waals surface area contributed by atoms with Crippen LogP contribution in [0.25, 0.3) is 10.6 Å². The Morgan fingerprint density at radius 3 is 2.63 bits per heavy atom. The Kier molecular flexibility index (Phi) is 5.66. The van der Waals surface area contributed by atoms with Crippen LogP contribution in [0.2, 0.25) is 0 Å². The summed E-state index contributed by atoms with van der Waals surface area (Å²) in [4.78, 5) is 14.9. The van der Waals surface area contributed by atoms with E-state index in [2.05, 4.69) is 22.0 Å². The second kappa shape index (κ2) is 8.38. The highest BCUT2D eigenvalue weighted by Crippen LogP contribution is 2.31. The topological polar surface area (TPSA) is 58.2 Å². The van der Waals surface area contributed by atoms with Crippen molar-refractivity contribution in [2.24, 2.45) is 0 Å². The lowest BCUT2D eigenvalue weighted by molar-refractivity contribution is -0.00547. The van der Waals surface area contributed by atoms with Gasteiger partial charge >= 0.3 is 0 Å². The molecule has 8 heteroatoms. The van der Waals surface area contributed by atoms with Crippen LogP contribution in [0.1, 0.15) is 34.6 Å². The highest BCUT2D eigenvalue weighted by Gasteiger charge is 2.28. The Morgan fingerprint density at radius 2 is 1.97 bits per heavy atom. The van der Waals surface area contributed by atoms with Gasteiger partial charge in [-0.3, -0.25) is 9.89 Å². The number of morpholine rings is 1. The molecule has 0 bridgehead atoms. The Bertz CT molecular complexity index is 1120. The number of anilines is 1. The van der Waals surface area contributed by atoms with Crippen molar-refractivity contribution in [2.75, 3.05) is 18.0 Å². The van der Waals surface area contributed by atoms with Crippen molar-refractivity contribution < 1.29 is 18.3 Å². The molecule has 154 valence electrons. The molecule has 5 nitrogen and oxygen atoms in total. The largest absolute Gasteiger partial charge is 0.372 e. The van der Waals surface area contributed by atoms with E-state index >= 15 is 0 Å². The van der Waals surface area contributed by atoms with Crippen molar-refractivity contribution in [1.29, 1.82) is 0 Å². The van der Waals surface area contributed by atoms with Crippen molar-refractivity contribution in [1.82, 2.24) is 10.2 Å². The van der Waals surface area contributed by atoms with E-state index < -0.39 is 11.6 Å². The normalized spacial score (nSPS) is 18.7. The number of nitrogens with one attached hydrogen (secondary N) is 1. The van der Waals surface area contributed by atoms with Crippen LogP contribution in [0, 0.1) is 23.5 Å². The van der Waals surface area contributed by atoms with Crippen LogP contribution in [0.5, 0.6) is 0 Å². The number of ether oxygens (including phenoxy) is 1. The third-order valence-electron chi connectivity index (χ3n) is 4.77. The van der Waals surface area contributed by atoms with Gasteiger partial charge < -0.3 is 9.64 Å². The van der Waals surface area contributed by atoms with Gasteiger partial charge in [0.05, 0.1) is 38.9 Å². The van der Waals surface area contributed by atoms with Gasteiger partial charge in [0.2, 0.25) is 0 Å². The third-order valence-corrected chi connectivity index (χ3v) is 5.80. The highest BCUT2D eigenvalue weighted by atomic mass is 32.1. The van der Waals surface area contributed by atoms with Crippen molar-refractivity contribution >= 4 is 23.3 Å². The first kappa shape index (κ1) is 20.3. The molecule has 1 aliphatic heterocycles. The Morgan fingerprint density at radius 1 is 1.20 bits per heavy atom. The van der Waals surface area contributed by atoms with E-state index in [4.69, 9.17) is 4.74 Å². The first-order valence-corrected chi connectivity index (χ1v) is 10.3. The zero-order valence-electron chi connectivity index (χ0n) is 16.4. The predicted molar refractivity (Wildman–Crippen MR) is 112 cm³/mol. The quantitative estimate of drug-likeness (QED) is 0.502. The molecule has 2 atom stereocenters. The lowest BCUT2D eigenvalue weighted by Gasteiger charge is -2.37. The van der Waals surface area contributed by atoms with E-state index in [9.17, 15) is 13.6 Å². The van der Waals surface area contributed by atoms with E-state index in [0.717, 1.165) is 10.6 Å². The molecule has 30 heavy (non-hydrogen) atoms. The van der Waals surface area contributed by atoms with Crippen LogP contribution in [0.4, 0.5) is 14.5 Å². The van der Waals surface area contributed by atoms with Crippen LogP contribution in [0.15, 0.2) is 30.5 Å². The summed E-state index contributed by atoms with van der Waals surface area (Å²) >= 11 is 1.40. The van der Waals surface area contributed by atoms with Gasteiger partial charge in [-0.2, -0.15) is 5.10 Å². The van der Waals surface area contributed by atoms with Crippen molar-refractivity contribution in [3.63, 3.8) is 0 Å². The number of aromatic amines is 1. The molecule has 1 N–H and O–H groups in total. The number of hydrogen-bond acceptors (Lipinski definition) is 5. The minimum Gasteiger partial charge on any atom is -0.372 e. The Labute approximate surface area is 176 Å². The average molecular weight is 427 g/mol. The van der Waals surface area contributed by atoms with Gasteiger partial charge in [0.25, 0.3) is 0 Å². The van der Waals surface area contributed by atoms with Gasteiger partial charge in [0, 0.05) is 24.8 Å². The van der Waals surface area contributed by atoms with Gasteiger partial charge in [0.15, 0.2) is 17.9 Å². The summed E-state index contributed by atoms with van der Waals surface area (Å²) in [5.74, 6) is 3.41. The molecule has 0 spiro atoms. The lowest BCUT2D eigenvalue weighted by atomic mass is 10.1. The van der Waals surface area contributed by atoms with Gasteiger partial charge in [-0.05, 0) is 38.1 Å². The molecule has 4 rings (SSSR count). The zero-order valence-corrected chi connectivity index (χ0v) is 17.2. The van der Waals surface area contributed by atoms with E-state index in [0.29, 0.717) is 24.3 Å². The van der Waals surface area contributed by atoms with Crippen LogP contribution in [-0.2, 0) is 4.74 Å². The number of carbonyl (C=O) groups is 1. The number of hydrogen-bond donors (Lipinski definition) is 1. The molecule has 0 unspecified atom stereocenters. The maximum absolute atomic E-state index is 15.0. The Balaban J connectivity index is 1.67. The average Bonchev–Trinajstić information content (AvgIpc) is 3.39. The second-order valence-electron chi connectivity index (χ2n) is 7.15. The molecule has 1 fully saturated rings. The van der Waals surface area contributed by atoms with Crippen LogP contribution < -0.4 is 4.90 Å². The maximum Gasteiger partial charge on any atom is 0.184 e. The molecule has 3 heterocycles. The molecule has 0 amide bonds. The number of aldehydes is 1. The number of nitrogens with zero attached hydrogens (tertiary/aromatic N) is 2. The lowest BCUT2D eigenvalue weighted by Crippen LogP contribution is -2.46. The van der Waals surface area contributed by atoms with Crippen molar-refractivity contribution in [3.8, 4) is 22.4 Å². The highest BCUT2D eigenvalue weighted by molar-refractivity contribution is 7.16. The van der Waals surface area contributed by atoms with Crippen LogP contribution in [-0.4, -0.2) is 41.8 Å². The molecule has 1 aliphatic rings. The van der Waals surface area contributed by atoms with E-state index in [1.165, 1.54) is 17.4 Å². The fourth-order valence-electron chi connectivity index (χ4n) is 3.57. The van der Waals surface area contributed by atoms with Gasteiger partial charge in [-0.15, -0.1) is 11.3 Å². The summed E-state index contributed by atoms with van der Waals surface area (Å²) in [7, 11) is 0. The van der Waals surface area contributed by atoms with Gasteiger partial charge in [-0.25, -0.2) is 8.78 Å². The smallest absolute Gasteiger partial charge is 0.184 e. The number of benzene rings is 1. The number of aromatic nitrogens is 2. The number of thiophene rings is 1. The number of halogens is 2. The SMILES string of the molecule is C[C@@H]1CN(c2c(C=O)cc(C#Cc3ccc(-c4ccn[nH]4)s3)c(F)c2F)C[C@H](C)O1. The van der Waals surface area contributed by atoms with Gasteiger partial charge in [0.1, 0.15) is 0 Å².